The highest BCUT2D eigenvalue weighted by atomic mass is 35.5. The lowest BCUT2D eigenvalue weighted by atomic mass is 10.0. The summed E-state index contributed by atoms with van der Waals surface area (Å²) < 4.78 is 15.8. The van der Waals surface area contributed by atoms with Gasteiger partial charge in [-0.3, -0.25) is 10.1 Å². The van der Waals surface area contributed by atoms with Crippen LogP contribution in [0.5, 0.6) is 17.2 Å². The molecule has 0 aromatic heterocycles. The topological polar surface area (TPSA) is 94.6 Å². The molecule has 0 unspecified atom stereocenters. The van der Waals surface area contributed by atoms with E-state index < -0.39 is 4.92 Å². The fourth-order valence-corrected chi connectivity index (χ4v) is 2.53. The molecule has 0 aliphatic heterocycles. The van der Waals surface area contributed by atoms with Gasteiger partial charge in [0, 0.05) is 6.07 Å². The summed E-state index contributed by atoms with van der Waals surface area (Å²) in [5, 5.41) is 20.6. The summed E-state index contributed by atoms with van der Waals surface area (Å²) in [4.78, 5) is 10.4. The van der Waals surface area contributed by atoms with Crippen molar-refractivity contribution in [3.05, 3.63) is 56.6 Å². The molecule has 0 atom stereocenters. The van der Waals surface area contributed by atoms with E-state index in [1.165, 1.54) is 39.5 Å². The first-order valence-corrected chi connectivity index (χ1v) is 7.69. The van der Waals surface area contributed by atoms with Crippen molar-refractivity contribution in [2.45, 2.75) is 0 Å². The molecule has 26 heavy (non-hydrogen) atoms. The van der Waals surface area contributed by atoms with E-state index in [1.807, 2.05) is 0 Å². The first kappa shape index (κ1) is 19.1. The van der Waals surface area contributed by atoms with E-state index in [1.54, 1.807) is 18.2 Å². The standard InChI is InChI=1S/C18H15ClN2O5/c1-24-16-8-12(9-17(25-2)18(16)26-3)13(10-20)6-11-4-5-14(19)15(7-11)21(22)23/h4-9H,1-3H3/b13-6+. The summed E-state index contributed by atoms with van der Waals surface area (Å²) in [7, 11) is 4.42. The van der Waals surface area contributed by atoms with Crippen LogP contribution < -0.4 is 14.2 Å². The maximum atomic E-state index is 11.0. The van der Waals surface area contributed by atoms with Gasteiger partial charge in [-0.15, -0.1) is 0 Å². The molecule has 0 fully saturated rings. The number of nitriles is 1. The van der Waals surface area contributed by atoms with Gasteiger partial charge >= 0.3 is 0 Å². The molecule has 0 saturated heterocycles. The maximum absolute atomic E-state index is 11.0. The zero-order chi connectivity index (χ0) is 19.3. The van der Waals surface area contributed by atoms with Crippen LogP contribution in [-0.4, -0.2) is 26.3 Å². The average Bonchev–Trinajstić information content (AvgIpc) is 2.65. The normalized spacial score (nSPS) is 10.8. The summed E-state index contributed by atoms with van der Waals surface area (Å²) in [5.41, 5.74) is 1.01. The number of nitro groups is 1. The Morgan fingerprint density at radius 1 is 1.15 bits per heavy atom. The van der Waals surface area contributed by atoms with Gasteiger partial charge in [0.25, 0.3) is 5.69 Å². The van der Waals surface area contributed by atoms with Crippen molar-refractivity contribution < 1.29 is 19.1 Å². The van der Waals surface area contributed by atoms with E-state index in [0.717, 1.165) is 0 Å². The SMILES string of the molecule is COc1cc(/C(C#N)=C/c2ccc(Cl)c([N+](=O)[O-])c2)cc(OC)c1OC. The lowest BCUT2D eigenvalue weighted by Crippen LogP contribution is -1.97. The number of hydrogen-bond acceptors (Lipinski definition) is 6. The Kier molecular flexibility index (Phi) is 6.04. The van der Waals surface area contributed by atoms with Crippen molar-refractivity contribution in [1.29, 1.82) is 5.26 Å². The molecule has 0 spiro atoms. The highest BCUT2D eigenvalue weighted by molar-refractivity contribution is 6.32. The summed E-state index contributed by atoms with van der Waals surface area (Å²) in [6.07, 6.45) is 1.52. The number of allylic oxidation sites excluding steroid dienone is 1. The second-order valence-corrected chi connectivity index (χ2v) is 5.46. The van der Waals surface area contributed by atoms with Crippen LogP contribution in [0.3, 0.4) is 0 Å². The molecule has 7 nitrogen and oxygen atoms in total. The molecule has 0 saturated carbocycles. The molecule has 134 valence electrons. The monoisotopic (exact) mass is 374 g/mol. The van der Waals surface area contributed by atoms with Crippen LogP contribution in [0.4, 0.5) is 5.69 Å². The van der Waals surface area contributed by atoms with Gasteiger partial charge in [-0.25, -0.2) is 0 Å². The molecule has 2 aromatic rings. The van der Waals surface area contributed by atoms with Crippen LogP contribution in [-0.2, 0) is 0 Å². The quantitative estimate of drug-likeness (QED) is 0.323. The van der Waals surface area contributed by atoms with E-state index in [-0.39, 0.29) is 16.3 Å². The third-order valence-electron chi connectivity index (χ3n) is 3.57. The second-order valence-electron chi connectivity index (χ2n) is 5.05. The second kappa shape index (κ2) is 8.23. The molecular formula is C18H15ClN2O5. The highest BCUT2D eigenvalue weighted by Gasteiger charge is 2.16. The number of ether oxygens (including phenoxy) is 3. The highest BCUT2D eigenvalue weighted by Crippen LogP contribution is 2.40. The lowest BCUT2D eigenvalue weighted by molar-refractivity contribution is -0.384. The first-order chi connectivity index (χ1) is 12.4. The maximum Gasteiger partial charge on any atom is 0.288 e. The number of nitrogens with zero attached hydrogens (tertiary/aromatic N) is 2. The van der Waals surface area contributed by atoms with Crippen molar-refractivity contribution in [2.75, 3.05) is 21.3 Å². The smallest absolute Gasteiger partial charge is 0.288 e. The molecule has 0 heterocycles. The molecular weight excluding hydrogens is 360 g/mol. The Bertz CT molecular complexity index is 893. The molecule has 8 heteroatoms. The number of nitro benzene ring substituents is 1. The first-order valence-electron chi connectivity index (χ1n) is 7.31. The molecule has 0 bridgehead atoms. The molecule has 0 aliphatic rings. The third kappa shape index (κ3) is 3.87. The Labute approximate surface area is 155 Å². The van der Waals surface area contributed by atoms with E-state index in [4.69, 9.17) is 25.8 Å². The predicted octanol–water partition coefficient (Wildman–Crippen LogP) is 4.34. The van der Waals surface area contributed by atoms with Crippen LogP contribution in [0.25, 0.3) is 11.6 Å². The minimum Gasteiger partial charge on any atom is -0.493 e. The molecule has 0 aliphatic carbocycles. The van der Waals surface area contributed by atoms with Crippen LogP contribution in [0.15, 0.2) is 30.3 Å². The van der Waals surface area contributed by atoms with Crippen LogP contribution in [0.2, 0.25) is 5.02 Å². The van der Waals surface area contributed by atoms with Gasteiger partial charge in [0.05, 0.1) is 37.9 Å². The van der Waals surface area contributed by atoms with Gasteiger partial charge in [0.1, 0.15) is 5.02 Å². The zero-order valence-corrected chi connectivity index (χ0v) is 15.0. The van der Waals surface area contributed by atoms with Gasteiger partial charge in [-0.1, -0.05) is 17.7 Å². The fraction of sp³-hybridized carbons (Fsp3) is 0.167. The summed E-state index contributed by atoms with van der Waals surface area (Å²) in [6, 6.07) is 9.63. The largest absolute Gasteiger partial charge is 0.493 e. The number of methoxy groups -OCH3 is 3. The Hall–Kier alpha value is -3.24. The van der Waals surface area contributed by atoms with Crippen LogP contribution >= 0.6 is 11.6 Å². The molecule has 0 amide bonds. The van der Waals surface area contributed by atoms with Crippen molar-refractivity contribution in [1.82, 2.24) is 0 Å². The molecule has 2 rings (SSSR count). The Balaban J connectivity index is 2.59. The predicted molar refractivity (Wildman–Crippen MR) is 97.7 cm³/mol. The number of hydrogen-bond donors (Lipinski definition) is 0. The lowest BCUT2D eigenvalue weighted by Gasteiger charge is -2.13. The van der Waals surface area contributed by atoms with E-state index in [9.17, 15) is 15.4 Å². The average molecular weight is 375 g/mol. The molecule has 0 radical (unpaired) electrons. The Morgan fingerprint density at radius 2 is 1.77 bits per heavy atom. The van der Waals surface area contributed by atoms with E-state index in [0.29, 0.717) is 28.4 Å². The third-order valence-corrected chi connectivity index (χ3v) is 3.89. The van der Waals surface area contributed by atoms with Crippen molar-refractivity contribution in [3.63, 3.8) is 0 Å². The minimum absolute atomic E-state index is 0.0263. The van der Waals surface area contributed by atoms with Gasteiger partial charge < -0.3 is 14.2 Å². The fourth-order valence-electron chi connectivity index (χ4n) is 2.34. The number of halogens is 1. The van der Waals surface area contributed by atoms with E-state index >= 15 is 0 Å². The molecule has 2 aromatic carbocycles. The van der Waals surface area contributed by atoms with E-state index in [2.05, 4.69) is 6.07 Å². The minimum atomic E-state index is -0.578. The van der Waals surface area contributed by atoms with Crippen LogP contribution in [0.1, 0.15) is 11.1 Å². The number of benzene rings is 2. The van der Waals surface area contributed by atoms with Crippen LogP contribution in [0, 0.1) is 21.4 Å². The summed E-state index contributed by atoms with van der Waals surface area (Å²) in [5.74, 6) is 1.19. The summed E-state index contributed by atoms with van der Waals surface area (Å²) >= 11 is 5.82. The van der Waals surface area contributed by atoms with Crippen molar-refractivity contribution >= 4 is 28.9 Å². The van der Waals surface area contributed by atoms with Gasteiger partial charge in [-0.05, 0) is 35.4 Å². The zero-order valence-electron chi connectivity index (χ0n) is 14.3. The van der Waals surface area contributed by atoms with Gasteiger partial charge in [-0.2, -0.15) is 5.26 Å². The molecule has 0 N–H and O–H groups in total. The van der Waals surface area contributed by atoms with Gasteiger partial charge in [0.15, 0.2) is 11.5 Å². The summed E-state index contributed by atoms with van der Waals surface area (Å²) in [6.45, 7) is 0. The van der Waals surface area contributed by atoms with Gasteiger partial charge in [0.2, 0.25) is 5.75 Å². The Morgan fingerprint density at radius 3 is 2.23 bits per heavy atom. The van der Waals surface area contributed by atoms with Crippen molar-refractivity contribution in [3.8, 4) is 23.3 Å². The van der Waals surface area contributed by atoms with Crippen molar-refractivity contribution in [2.24, 2.45) is 0 Å². The number of rotatable bonds is 6.